The number of hydrogen-bond donors (Lipinski definition) is 1. The highest BCUT2D eigenvalue weighted by Crippen LogP contribution is 2.31. The summed E-state index contributed by atoms with van der Waals surface area (Å²) in [4.78, 5) is 2.49. The van der Waals surface area contributed by atoms with Crippen LogP contribution in [0.2, 0.25) is 5.02 Å². The van der Waals surface area contributed by atoms with Gasteiger partial charge in [0.15, 0.2) is 0 Å². The second kappa shape index (κ2) is 9.19. The summed E-state index contributed by atoms with van der Waals surface area (Å²) in [5.74, 6) is 0. The van der Waals surface area contributed by atoms with E-state index in [-0.39, 0.29) is 6.10 Å². The van der Waals surface area contributed by atoms with E-state index < -0.39 is 0 Å². The van der Waals surface area contributed by atoms with E-state index in [0.717, 1.165) is 61.9 Å². The molecule has 3 nitrogen and oxygen atoms in total. The molecule has 1 unspecified atom stereocenters. The largest absolute Gasteiger partial charge is 0.369 e. The molecule has 0 aliphatic carbocycles. The van der Waals surface area contributed by atoms with E-state index in [1.807, 2.05) is 36.4 Å². The molecule has 1 heterocycles. The van der Waals surface area contributed by atoms with Gasteiger partial charge in [0.1, 0.15) is 6.10 Å². The highest BCUT2D eigenvalue weighted by atomic mass is 35.5. The van der Waals surface area contributed by atoms with Gasteiger partial charge in [-0.15, -0.1) is 0 Å². The lowest BCUT2D eigenvalue weighted by Crippen LogP contribution is -2.43. The van der Waals surface area contributed by atoms with Gasteiger partial charge in [-0.3, -0.25) is 0 Å². The minimum absolute atomic E-state index is 0.108. The van der Waals surface area contributed by atoms with Gasteiger partial charge in [0.2, 0.25) is 0 Å². The van der Waals surface area contributed by atoms with E-state index in [1.54, 1.807) is 0 Å². The summed E-state index contributed by atoms with van der Waals surface area (Å²) < 4.78 is 6.26. The monoisotopic (exact) mass is 344 g/mol. The smallest absolute Gasteiger partial charge is 0.109 e. The van der Waals surface area contributed by atoms with E-state index in [2.05, 4.69) is 28.4 Å². The summed E-state index contributed by atoms with van der Waals surface area (Å²) in [5.41, 5.74) is 2.18. The Morgan fingerprint density at radius 1 is 1.00 bits per heavy atom. The predicted octanol–water partition coefficient (Wildman–Crippen LogP) is 3.74. The highest BCUT2D eigenvalue weighted by Gasteiger charge is 2.17. The molecule has 24 heavy (non-hydrogen) atoms. The second-order valence-corrected chi connectivity index (χ2v) is 6.54. The maximum Gasteiger partial charge on any atom is 0.109 e. The van der Waals surface area contributed by atoms with Gasteiger partial charge in [0.05, 0.1) is 0 Å². The number of ether oxygens (including phenoxy) is 1. The number of halogens is 1. The van der Waals surface area contributed by atoms with Crippen LogP contribution in [0, 0.1) is 0 Å². The fourth-order valence-corrected chi connectivity index (χ4v) is 3.34. The molecule has 1 N–H and O–H groups in total. The maximum atomic E-state index is 6.41. The predicted molar refractivity (Wildman–Crippen MR) is 99.6 cm³/mol. The summed E-state index contributed by atoms with van der Waals surface area (Å²) in [6.07, 6.45) is 0.927. The first kappa shape index (κ1) is 17.4. The summed E-state index contributed by atoms with van der Waals surface area (Å²) in [7, 11) is 0. The normalized spacial score (nSPS) is 16.9. The topological polar surface area (TPSA) is 24.5 Å². The average molecular weight is 345 g/mol. The lowest BCUT2D eigenvalue weighted by atomic mass is 10.0. The van der Waals surface area contributed by atoms with Crippen molar-refractivity contribution >= 4 is 11.6 Å². The lowest BCUT2D eigenvalue weighted by Gasteiger charge is -2.27. The van der Waals surface area contributed by atoms with E-state index in [1.165, 1.54) is 0 Å². The van der Waals surface area contributed by atoms with Crippen LogP contribution in [0.5, 0.6) is 0 Å². The van der Waals surface area contributed by atoms with E-state index in [0.29, 0.717) is 0 Å². The van der Waals surface area contributed by atoms with Crippen LogP contribution >= 0.6 is 11.6 Å². The zero-order valence-corrected chi connectivity index (χ0v) is 14.7. The number of nitrogens with zero attached hydrogens (tertiary/aromatic N) is 1. The maximum absolute atomic E-state index is 6.41. The molecule has 2 aromatic rings. The Labute approximate surface area is 149 Å². The van der Waals surface area contributed by atoms with Gasteiger partial charge in [-0.2, -0.15) is 0 Å². The average Bonchev–Trinajstić information content (AvgIpc) is 2.64. The number of nitrogens with one attached hydrogen (secondary N) is 1. The molecule has 0 bridgehead atoms. The van der Waals surface area contributed by atoms with Crippen LogP contribution in [0.25, 0.3) is 0 Å². The fraction of sp³-hybridized carbons (Fsp3) is 0.400. The highest BCUT2D eigenvalue weighted by molar-refractivity contribution is 6.31. The lowest BCUT2D eigenvalue weighted by molar-refractivity contribution is 0.0706. The Kier molecular flexibility index (Phi) is 6.67. The Morgan fingerprint density at radius 3 is 2.46 bits per heavy atom. The summed E-state index contributed by atoms with van der Waals surface area (Å²) in [6, 6.07) is 18.3. The third kappa shape index (κ3) is 4.81. The van der Waals surface area contributed by atoms with Crippen molar-refractivity contribution in [1.82, 2.24) is 10.2 Å². The Hall–Kier alpha value is -1.39. The van der Waals surface area contributed by atoms with Crippen LogP contribution < -0.4 is 5.32 Å². The third-order valence-electron chi connectivity index (χ3n) is 4.40. The quantitative estimate of drug-likeness (QED) is 0.774. The van der Waals surface area contributed by atoms with E-state index in [9.17, 15) is 0 Å². The Bertz CT molecular complexity index is 614. The second-order valence-electron chi connectivity index (χ2n) is 6.13. The molecular weight excluding hydrogens is 320 g/mol. The number of rotatable bonds is 7. The first-order valence-corrected chi connectivity index (χ1v) is 9.06. The van der Waals surface area contributed by atoms with Gasteiger partial charge < -0.3 is 15.0 Å². The minimum atomic E-state index is -0.108. The van der Waals surface area contributed by atoms with Crippen molar-refractivity contribution in [2.45, 2.75) is 12.5 Å². The van der Waals surface area contributed by atoms with Crippen molar-refractivity contribution in [3.63, 3.8) is 0 Å². The minimum Gasteiger partial charge on any atom is -0.369 e. The van der Waals surface area contributed by atoms with Gasteiger partial charge in [-0.05, 0) is 18.1 Å². The molecule has 1 aliphatic heterocycles. The number of hydrogen-bond acceptors (Lipinski definition) is 3. The number of piperazine rings is 1. The molecular formula is C20H25ClN2O. The van der Waals surface area contributed by atoms with Crippen LogP contribution in [0.3, 0.4) is 0 Å². The molecule has 1 fully saturated rings. The van der Waals surface area contributed by atoms with Crippen molar-refractivity contribution in [2.75, 3.05) is 39.3 Å². The van der Waals surface area contributed by atoms with Crippen molar-refractivity contribution in [3.05, 3.63) is 70.7 Å². The first-order valence-electron chi connectivity index (χ1n) is 8.68. The zero-order valence-electron chi connectivity index (χ0n) is 14.0. The molecule has 4 heteroatoms. The molecule has 3 rings (SSSR count). The fourth-order valence-electron chi connectivity index (χ4n) is 3.11. The molecule has 0 aromatic heterocycles. The van der Waals surface area contributed by atoms with Crippen molar-refractivity contribution in [2.24, 2.45) is 0 Å². The van der Waals surface area contributed by atoms with Crippen molar-refractivity contribution in [3.8, 4) is 0 Å². The Balaban J connectivity index is 1.61. The third-order valence-corrected chi connectivity index (χ3v) is 4.75. The van der Waals surface area contributed by atoms with E-state index >= 15 is 0 Å². The molecule has 0 amide bonds. The van der Waals surface area contributed by atoms with Gasteiger partial charge in [-0.1, -0.05) is 60.1 Å². The van der Waals surface area contributed by atoms with Crippen LogP contribution in [0.4, 0.5) is 0 Å². The molecule has 2 aromatic carbocycles. The number of benzene rings is 2. The SMILES string of the molecule is Clc1ccccc1C(OCCCN1CCNCC1)c1ccccc1. The van der Waals surface area contributed by atoms with E-state index in [4.69, 9.17) is 16.3 Å². The molecule has 1 aliphatic rings. The molecule has 1 saturated heterocycles. The Morgan fingerprint density at radius 2 is 1.71 bits per heavy atom. The van der Waals surface area contributed by atoms with Gasteiger partial charge >= 0.3 is 0 Å². The first-order chi connectivity index (χ1) is 11.8. The van der Waals surface area contributed by atoms with Crippen LogP contribution in [-0.2, 0) is 4.74 Å². The summed E-state index contributed by atoms with van der Waals surface area (Å²) in [5, 5.41) is 4.14. The van der Waals surface area contributed by atoms with Crippen LogP contribution in [-0.4, -0.2) is 44.2 Å². The molecule has 1 atom stereocenters. The summed E-state index contributed by atoms with van der Waals surface area (Å²) in [6.45, 7) is 6.26. The molecule has 0 radical (unpaired) electrons. The van der Waals surface area contributed by atoms with Gasteiger partial charge in [-0.25, -0.2) is 0 Å². The zero-order chi connectivity index (χ0) is 16.6. The molecule has 0 saturated carbocycles. The van der Waals surface area contributed by atoms with Crippen LogP contribution in [0.15, 0.2) is 54.6 Å². The van der Waals surface area contributed by atoms with Crippen molar-refractivity contribution in [1.29, 1.82) is 0 Å². The van der Waals surface area contributed by atoms with Gasteiger partial charge in [0, 0.05) is 49.9 Å². The molecule has 128 valence electrons. The van der Waals surface area contributed by atoms with Crippen LogP contribution in [0.1, 0.15) is 23.7 Å². The van der Waals surface area contributed by atoms with Crippen molar-refractivity contribution < 1.29 is 4.74 Å². The molecule has 0 spiro atoms. The standard InChI is InChI=1S/C20H25ClN2O/c21-19-10-5-4-9-18(19)20(17-7-2-1-3-8-17)24-16-6-13-23-14-11-22-12-15-23/h1-5,7-10,20,22H,6,11-16H2. The summed E-state index contributed by atoms with van der Waals surface area (Å²) >= 11 is 6.41. The van der Waals surface area contributed by atoms with Gasteiger partial charge in [0.25, 0.3) is 0 Å².